The lowest BCUT2D eigenvalue weighted by Gasteiger charge is -2.28. The summed E-state index contributed by atoms with van der Waals surface area (Å²) < 4.78 is 0. The summed E-state index contributed by atoms with van der Waals surface area (Å²) >= 11 is 0. The lowest BCUT2D eigenvalue weighted by atomic mass is 10.1. The van der Waals surface area contributed by atoms with Crippen LogP contribution in [0.3, 0.4) is 0 Å². The maximum atomic E-state index is 4.51. The van der Waals surface area contributed by atoms with Gasteiger partial charge in [-0.2, -0.15) is 10.1 Å². The molecule has 1 saturated heterocycles. The first kappa shape index (κ1) is 18.2. The van der Waals surface area contributed by atoms with Crippen LogP contribution in [0.25, 0.3) is 0 Å². The summed E-state index contributed by atoms with van der Waals surface area (Å²) in [6.07, 6.45) is 6.47. The van der Waals surface area contributed by atoms with Gasteiger partial charge in [-0.05, 0) is 55.5 Å². The third-order valence-electron chi connectivity index (χ3n) is 4.96. The van der Waals surface area contributed by atoms with Gasteiger partial charge in [-0.1, -0.05) is 30.3 Å². The highest BCUT2D eigenvalue weighted by molar-refractivity contribution is 5.60. The summed E-state index contributed by atoms with van der Waals surface area (Å²) in [5, 5.41) is 14.7. The number of piperidine rings is 1. The number of aromatic nitrogens is 3. The van der Waals surface area contributed by atoms with Gasteiger partial charge in [0.05, 0.1) is 6.20 Å². The number of hydrogen-bond acceptors (Lipinski definition) is 6. The molecule has 1 aliphatic heterocycles. The first-order chi connectivity index (χ1) is 13.9. The van der Waals surface area contributed by atoms with Crippen molar-refractivity contribution in [1.82, 2.24) is 15.2 Å². The standard InChI is InChI=1S/C22H26N6/c1-3-7-18(8-4-1)13-14-23-22-26-21(17-24-27-22)25-19-9-11-20(12-10-19)28-15-5-2-6-16-28/h1,3-4,7-12,17H,2,5-6,13-16H2,(H2,23,25,26,27). The Hall–Kier alpha value is -3.15. The summed E-state index contributed by atoms with van der Waals surface area (Å²) in [4.78, 5) is 6.96. The van der Waals surface area contributed by atoms with Crippen molar-refractivity contribution in [2.45, 2.75) is 25.7 Å². The molecule has 0 bridgehead atoms. The Kier molecular flexibility index (Phi) is 5.97. The Balaban J connectivity index is 1.32. The van der Waals surface area contributed by atoms with Gasteiger partial charge in [0.1, 0.15) is 0 Å². The number of hydrogen-bond donors (Lipinski definition) is 2. The van der Waals surface area contributed by atoms with Crippen LogP contribution in [-0.4, -0.2) is 34.8 Å². The molecule has 0 radical (unpaired) electrons. The first-order valence-electron chi connectivity index (χ1n) is 9.96. The van der Waals surface area contributed by atoms with E-state index in [1.807, 2.05) is 6.07 Å². The van der Waals surface area contributed by atoms with Crippen LogP contribution in [-0.2, 0) is 6.42 Å². The summed E-state index contributed by atoms with van der Waals surface area (Å²) in [7, 11) is 0. The van der Waals surface area contributed by atoms with Crippen LogP contribution in [0.1, 0.15) is 24.8 Å². The highest BCUT2D eigenvalue weighted by Gasteiger charge is 2.10. The first-order valence-corrected chi connectivity index (χ1v) is 9.96. The van der Waals surface area contributed by atoms with Crippen LogP contribution >= 0.6 is 0 Å². The van der Waals surface area contributed by atoms with Crippen molar-refractivity contribution in [3.05, 3.63) is 66.4 Å². The Morgan fingerprint density at radius 1 is 0.893 bits per heavy atom. The maximum absolute atomic E-state index is 4.51. The molecule has 0 aliphatic carbocycles. The van der Waals surface area contributed by atoms with E-state index in [0.717, 1.165) is 31.7 Å². The molecule has 0 saturated carbocycles. The Morgan fingerprint density at radius 3 is 2.46 bits per heavy atom. The molecule has 1 aromatic heterocycles. The van der Waals surface area contributed by atoms with Gasteiger partial charge in [0.25, 0.3) is 0 Å². The van der Waals surface area contributed by atoms with Crippen LogP contribution in [0.15, 0.2) is 60.8 Å². The SMILES string of the molecule is c1ccc(CCNc2nncc(Nc3ccc(N4CCCCC4)cc3)n2)cc1. The summed E-state index contributed by atoms with van der Waals surface area (Å²) in [5.74, 6) is 1.22. The number of rotatable bonds is 7. The van der Waals surface area contributed by atoms with Crippen LogP contribution < -0.4 is 15.5 Å². The second kappa shape index (κ2) is 9.17. The average Bonchev–Trinajstić information content (AvgIpc) is 2.76. The van der Waals surface area contributed by atoms with E-state index in [0.29, 0.717) is 11.8 Å². The van der Waals surface area contributed by atoms with Gasteiger partial charge in [-0.25, -0.2) is 0 Å². The van der Waals surface area contributed by atoms with E-state index < -0.39 is 0 Å². The largest absolute Gasteiger partial charge is 0.372 e. The van der Waals surface area contributed by atoms with Crippen LogP contribution in [0.5, 0.6) is 0 Å². The van der Waals surface area contributed by atoms with Gasteiger partial charge in [0.15, 0.2) is 5.82 Å². The van der Waals surface area contributed by atoms with Crippen LogP contribution in [0.2, 0.25) is 0 Å². The molecule has 0 unspecified atom stereocenters. The lowest BCUT2D eigenvalue weighted by Crippen LogP contribution is -2.29. The fourth-order valence-corrected chi connectivity index (χ4v) is 3.46. The average molecular weight is 374 g/mol. The number of benzene rings is 2. The van der Waals surface area contributed by atoms with Gasteiger partial charge < -0.3 is 15.5 Å². The third-order valence-corrected chi connectivity index (χ3v) is 4.96. The van der Waals surface area contributed by atoms with Crippen molar-refractivity contribution in [1.29, 1.82) is 0 Å². The predicted molar refractivity (Wildman–Crippen MR) is 114 cm³/mol. The van der Waals surface area contributed by atoms with Crippen LogP contribution in [0.4, 0.5) is 23.1 Å². The zero-order chi connectivity index (χ0) is 19.0. The second-order valence-corrected chi connectivity index (χ2v) is 7.05. The summed E-state index contributed by atoms with van der Waals surface area (Å²) in [6.45, 7) is 3.07. The normalized spacial score (nSPS) is 13.9. The smallest absolute Gasteiger partial charge is 0.244 e. The van der Waals surface area contributed by atoms with Crippen molar-refractivity contribution in [2.75, 3.05) is 35.2 Å². The summed E-state index contributed by atoms with van der Waals surface area (Å²) in [5.41, 5.74) is 3.57. The minimum atomic E-state index is 0.533. The molecule has 1 aliphatic rings. The molecule has 144 valence electrons. The van der Waals surface area contributed by atoms with Crippen molar-refractivity contribution in [2.24, 2.45) is 0 Å². The molecule has 1 fully saturated rings. The molecule has 0 atom stereocenters. The minimum absolute atomic E-state index is 0.533. The van der Waals surface area contributed by atoms with E-state index in [9.17, 15) is 0 Å². The number of nitrogens with zero attached hydrogens (tertiary/aromatic N) is 4. The fourth-order valence-electron chi connectivity index (χ4n) is 3.46. The minimum Gasteiger partial charge on any atom is -0.372 e. The molecule has 0 spiro atoms. The molecule has 28 heavy (non-hydrogen) atoms. The van der Waals surface area contributed by atoms with Crippen molar-refractivity contribution in [3.8, 4) is 0 Å². The van der Waals surface area contributed by atoms with Gasteiger partial charge >= 0.3 is 0 Å². The second-order valence-electron chi connectivity index (χ2n) is 7.05. The Morgan fingerprint density at radius 2 is 1.68 bits per heavy atom. The quantitative estimate of drug-likeness (QED) is 0.644. The van der Waals surface area contributed by atoms with E-state index in [4.69, 9.17) is 0 Å². The van der Waals surface area contributed by atoms with E-state index in [1.54, 1.807) is 6.20 Å². The third kappa shape index (κ3) is 4.97. The molecular formula is C22H26N6. The zero-order valence-electron chi connectivity index (χ0n) is 16.0. The monoisotopic (exact) mass is 374 g/mol. The Labute approximate surface area is 166 Å². The van der Waals surface area contributed by atoms with E-state index in [2.05, 4.69) is 79.2 Å². The lowest BCUT2D eigenvalue weighted by molar-refractivity contribution is 0.578. The van der Waals surface area contributed by atoms with Crippen LogP contribution in [0, 0.1) is 0 Å². The Bertz CT molecular complexity index is 860. The van der Waals surface area contributed by atoms with E-state index >= 15 is 0 Å². The van der Waals surface area contributed by atoms with E-state index in [1.165, 1.54) is 30.5 Å². The fraction of sp³-hybridized carbons (Fsp3) is 0.318. The zero-order valence-corrected chi connectivity index (χ0v) is 16.0. The van der Waals surface area contributed by atoms with E-state index in [-0.39, 0.29) is 0 Å². The van der Waals surface area contributed by atoms with Crippen molar-refractivity contribution < 1.29 is 0 Å². The van der Waals surface area contributed by atoms with Crippen molar-refractivity contribution in [3.63, 3.8) is 0 Å². The van der Waals surface area contributed by atoms with Gasteiger partial charge in [0.2, 0.25) is 5.95 Å². The summed E-state index contributed by atoms with van der Waals surface area (Å²) in [6, 6.07) is 18.9. The van der Waals surface area contributed by atoms with Gasteiger partial charge in [-0.3, -0.25) is 0 Å². The van der Waals surface area contributed by atoms with Gasteiger partial charge in [-0.15, -0.1) is 5.10 Å². The molecule has 2 N–H and O–H groups in total. The topological polar surface area (TPSA) is 66.0 Å². The molecule has 6 heteroatoms. The number of anilines is 4. The highest BCUT2D eigenvalue weighted by Crippen LogP contribution is 2.23. The maximum Gasteiger partial charge on any atom is 0.244 e. The van der Waals surface area contributed by atoms with Crippen molar-refractivity contribution >= 4 is 23.1 Å². The van der Waals surface area contributed by atoms with Gasteiger partial charge in [0, 0.05) is 31.0 Å². The molecule has 0 amide bonds. The highest BCUT2D eigenvalue weighted by atomic mass is 15.3. The molecular weight excluding hydrogens is 348 g/mol. The molecule has 2 heterocycles. The number of nitrogens with one attached hydrogen (secondary N) is 2. The molecule has 4 rings (SSSR count). The molecule has 3 aromatic rings. The molecule has 6 nitrogen and oxygen atoms in total. The molecule has 2 aromatic carbocycles. The predicted octanol–water partition coefficient (Wildman–Crippen LogP) is 4.26.